The molecule has 1 atom stereocenters. The van der Waals surface area contributed by atoms with E-state index in [1.54, 1.807) is 24.3 Å². The number of anilines is 1. The van der Waals surface area contributed by atoms with E-state index in [1.807, 2.05) is 63.2 Å². The fraction of sp³-hybridized carbons (Fsp3) is 0.207. The van der Waals surface area contributed by atoms with Crippen molar-refractivity contribution in [3.63, 3.8) is 0 Å². The largest absolute Gasteiger partial charge is 0.507 e. The smallest absolute Gasteiger partial charge is 0.301 e. The number of aliphatic hydroxyl groups is 1. The number of carbonyl (C=O) groups excluding carboxylic acids is 2. The Bertz CT molecular complexity index is 1510. The highest BCUT2D eigenvalue weighted by Gasteiger charge is 2.48. The highest BCUT2D eigenvalue weighted by atomic mass is 32.1. The van der Waals surface area contributed by atoms with Gasteiger partial charge in [0, 0.05) is 5.56 Å². The molecule has 1 unspecified atom stereocenters. The summed E-state index contributed by atoms with van der Waals surface area (Å²) in [5.74, 6) is -1.10. The van der Waals surface area contributed by atoms with E-state index in [4.69, 9.17) is 9.72 Å². The lowest BCUT2D eigenvalue weighted by Gasteiger charge is -2.23. The van der Waals surface area contributed by atoms with Crippen LogP contribution in [0.15, 0.2) is 72.3 Å². The summed E-state index contributed by atoms with van der Waals surface area (Å²) in [7, 11) is 0. The number of fused-ring (bicyclic) bond motifs is 1. The summed E-state index contributed by atoms with van der Waals surface area (Å²) < 4.78 is 6.65. The van der Waals surface area contributed by atoms with Crippen molar-refractivity contribution >= 4 is 44.1 Å². The van der Waals surface area contributed by atoms with E-state index in [-0.39, 0.29) is 11.3 Å². The van der Waals surface area contributed by atoms with E-state index in [9.17, 15) is 14.7 Å². The lowest BCUT2D eigenvalue weighted by atomic mass is 9.95. The Morgan fingerprint density at radius 2 is 1.83 bits per heavy atom. The van der Waals surface area contributed by atoms with Gasteiger partial charge < -0.3 is 9.84 Å². The van der Waals surface area contributed by atoms with Gasteiger partial charge in [-0.1, -0.05) is 66.8 Å². The number of amides is 1. The third-order valence-electron chi connectivity index (χ3n) is 6.16. The van der Waals surface area contributed by atoms with Gasteiger partial charge >= 0.3 is 5.91 Å². The van der Waals surface area contributed by atoms with Crippen molar-refractivity contribution in [2.24, 2.45) is 0 Å². The van der Waals surface area contributed by atoms with Gasteiger partial charge in [0.05, 0.1) is 28.4 Å². The normalized spacial score (nSPS) is 17.2. The monoisotopic (exact) mass is 498 g/mol. The Balaban J connectivity index is 1.68. The van der Waals surface area contributed by atoms with Crippen LogP contribution in [0.3, 0.4) is 0 Å². The first-order valence-electron chi connectivity index (χ1n) is 11.9. The van der Waals surface area contributed by atoms with Crippen LogP contribution in [0.25, 0.3) is 16.0 Å². The Morgan fingerprint density at radius 3 is 2.58 bits per heavy atom. The summed E-state index contributed by atoms with van der Waals surface area (Å²) in [5.41, 5.74) is 4.06. The van der Waals surface area contributed by atoms with Crippen LogP contribution in [-0.4, -0.2) is 28.4 Å². The quantitative estimate of drug-likeness (QED) is 0.191. The van der Waals surface area contributed by atoms with Crippen molar-refractivity contribution in [3.8, 4) is 5.75 Å². The zero-order chi connectivity index (χ0) is 25.4. The molecule has 0 spiro atoms. The molecule has 1 aromatic heterocycles. The zero-order valence-corrected chi connectivity index (χ0v) is 21.1. The van der Waals surface area contributed by atoms with Crippen LogP contribution in [0.2, 0.25) is 0 Å². The third kappa shape index (κ3) is 4.16. The Labute approximate surface area is 213 Å². The molecule has 182 valence electrons. The number of benzene rings is 3. The van der Waals surface area contributed by atoms with Gasteiger partial charge in [-0.2, -0.15) is 0 Å². The van der Waals surface area contributed by atoms with E-state index in [2.05, 4.69) is 0 Å². The maximum atomic E-state index is 13.4. The number of hydrogen-bond donors (Lipinski definition) is 1. The van der Waals surface area contributed by atoms with Crippen LogP contribution >= 0.6 is 11.3 Å². The maximum Gasteiger partial charge on any atom is 0.301 e. The van der Waals surface area contributed by atoms with Crippen LogP contribution in [0.5, 0.6) is 5.75 Å². The number of hydrogen-bond acceptors (Lipinski definition) is 6. The fourth-order valence-electron chi connectivity index (χ4n) is 4.55. The molecular formula is C29H26N2O4S. The molecule has 6 nitrogen and oxygen atoms in total. The van der Waals surface area contributed by atoms with E-state index in [0.717, 1.165) is 27.8 Å². The second-order valence-corrected chi connectivity index (χ2v) is 9.89. The second-order valence-electron chi connectivity index (χ2n) is 8.88. The van der Waals surface area contributed by atoms with Gasteiger partial charge in [0.2, 0.25) is 0 Å². The Kier molecular flexibility index (Phi) is 6.33. The average molecular weight is 499 g/mol. The summed E-state index contributed by atoms with van der Waals surface area (Å²) in [5, 5.41) is 11.8. The number of ether oxygens (including phenoxy) is 1. The summed E-state index contributed by atoms with van der Waals surface area (Å²) >= 11 is 1.37. The molecule has 0 bridgehead atoms. The number of rotatable bonds is 6. The second kappa shape index (κ2) is 9.59. The fourth-order valence-corrected chi connectivity index (χ4v) is 5.72. The molecule has 1 fully saturated rings. The standard InChI is InChI=1S/C29H26N2O4S/c1-4-13-35-21-12-8-11-20(16-21)26(32)23-25(19-9-6-5-7-10-19)31(28(34)27(23)33)29-30-24-18(3)14-17(2)15-22(24)36-29/h5-12,14-16,25,32H,4,13H2,1-3H3. The average Bonchev–Trinajstić information content (AvgIpc) is 3.41. The molecule has 7 heteroatoms. The molecule has 1 saturated heterocycles. The van der Waals surface area contributed by atoms with Gasteiger partial charge in [-0.3, -0.25) is 14.5 Å². The van der Waals surface area contributed by atoms with E-state index in [1.165, 1.54) is 16.2 Å². The molecule has 2 heterocycles. The van der Waals surface area contributed by atoms with Crippen LogP contribution in [0.1, 0.15) is 41.6 Å². The van der Waals surface area contributed by atoms with Crippen molar-refractivity contribution in [1.29, 1.82) is 0 Å². The molecule has 0 aliphatic carbocycles. The van der Waals surface area contributed by atoms with Crippen LogP contribution in [-0.2, 0) is 9.59 Å². The summed E-state index contributed by atoms with van der Waals surface area (Å²) in [4.78, 5) is 33.0. The number of carbonyl (C=O) groups is 2. The number of aryl methyl sites for hydroxylation is 2. The molecule has 3 aromatic carbocycles. The number of aliphatic hydroxyl groups excluding tert-OH is 1. The molecule has 1 aliphatic rings. The highest BCUT2D eigenvalue weighted by molar-refractivity contribution is 7.22. The van der Waals surface area contributed by atoms with Crippen molar-refractivity contribution in [1.82, 2.24) is 4.98 Å². The van der Waals surface area contributed by atoms with Gasteiger partial charge in [-0.15, -0.1) is 0 Å². The van der Waals surface area contributed by atoms with Crippen molar-refractivity contribution < 1.29 is 19.4 Å². The lowest BCUT2D eigenvalue weighted by Crippen LogP contribution is -2.29. The number of thiazole rings is 1. The van der Waals surface area contributed by atoms with Crippen molar-refractivity contribution in [3.05, 3.63) is 94.6 Å². The molecule has 1 N–H and O–H groups in total. The lowest BCUT2D eigenvalue weighted by molar-refractivity contribution is -0.132. The van der Waals surface area contributed by atoms with Gasteiger partial charge in [-0.25, -0.2) is 4.98 Å². The summed E-state index contributed by atoms with van der Waals surface area (Å²) in [6, 6.07) is 19.5. The SMILES string of the molecule is CCCOc1cccc(C(O)=C2C(=O)C(=O)N(c3nc4c(C)cc(C)cc4s3)C2c2ccccc2)c1. The van der Waals surface area contributed by atoms with E-state index >= 15 is 0 Å². The first kappa shape index (κ1) is 23.8. The molecule has 5 rings (SSSR count). The van der Waals surface area contributed by atoms with Gasteiger partial charge in [0.25, 0.3) is 5.78 Å². The van der Waals surface area contributed by atoms with Crippen molar-refractivity contribution in [2.45, 2.75) is 33.2 Å². The summed E-state index contributed by atoms with van der Waals surface area (Å²) in [6.07, 6.45) is 0.844. The zero-order valence-electron chi connectivity index (χ0n) is 20.3. The van der Waals surface area contributed by atoms with Crippen LogP contribution in [0.4, 0.5) is 5.13 Å². The molecule has 4 aromatic rings. The maximum absolute atomic E-state index is 13.4. The van der Waals surface area contributed by atoms with Crippen LogP contribution < -0.4 is 9.64 Å². The molecule has 1 aliphatic heterocycles. The molecule has 36 heavy (non-hydrogen) atoms. The minimum absolute atomic E-state index is 0.0333. The first-order valence-corrected chi connectivity index (χ1v) is 12.7. The van der Waals surface area contributed by atoms with Crippen molar-refractivity contribution in [2.75, 3.05) is 11.5 Å². The van der Waals surface area contributed by atoms with E-state index < -0.39 is 17.7 Å². The van der Waals surface area contributed by atoms with Crippen LogP contribution in [0, 0.1) is 13.8 Å². The van der Waals surface area contributed by atoms with Gasteiger partial charge in [-0.05, 0) is 55.2 Å². The molecule has 0 radical (unpaired) electrons. The number of nitrogens with zero attached hydrogens (tertiary/aromatic N) is 2. The predicted molar refractivity (Wildman–Crippen MR) is 143 cm³/mol. The van der Waals surface area contributed by atoms with Gasteiger partial charge in [0.1, 0.15) is 11.5 Å². The van der Waals surface area contributed by atoms with E-state index in [0.29, 0.717) is 28.6 Å². The molecule has 1 amide bonds. The summed E-state index contributed by atoms with van der Waals surface area (Å²) in [6.45, 7) is 6.54. The van der Waals surface area contributed by atoms with Gasteiger partial charge in [0.15, 0.2) is 5.13 Å². The highest BCUT2D eigenvalue weighted by Crippen LogP contribution is 2.44. The minimum Gasteiger partial charge on any atom is -0.507 e. The Morgan fingerprint density at radius 1 is 1.06 bits per heavy atom. The molecule has 0 saturated carbocycles. The predicted octanol–water partition coefficient (Wildman–Crippen LogP) is 6.33. The first-order chi connectivity index (χ1) is 17.4. The number of aromatic nitrogens is 1. The minimum atomic E-state index is -0.812. The third-order valence-corrected chi connectivity index (χ3v) is 7.17. The molecular weight excluding hydrogens is 472 g/mol. The number of ketones is 1. The Hall–Kier alpha value is -3.97. The number of Topliss-reactive ketones (excluding diaryl/α,β-unsaturated/α-hetero) is 1. The topological polar surface area (TPSA) is 79.7 Å².